The zero-order chi connectivity index (χ0) is 16.3. The van der Waals surface area contributed by atoms with Crippen LogP contribution >= 0.6 is 0 Å². The fourth-order valence-corrected chi connectivity index (χ4v) is 4.11. The van der Waals surface area contributed by atoms with E-state index in [-0.39, 0.29) is 23.7 Å². The van der Waals surface area contributed by atoms with Crippen LogP contribution in [0, 0.1) is 12.7 Å². The first kappa shape index (κ1) is 17.2. The Morgan fingerprint density at radius 3 is 2.86 bits per heavy atom. The van der Waals surface area contributed by atoms with E-state index in [9.17, 15) is 12.8 Å². The SMILES string of the molecule is Cc1ccc(F)c(N2CCC[C@@H](N[C@@H](C)CS(C)(=O)=O)C2)c1. The number of nitrogens with one attached hydrogen (secondary N) is 1. The first-order valence-electron chi connectivity index (χ1n) is 7.69. The van der Waals surface area contributed by atoms with Crippen molar-refractivity contribution >= 4 is 15.5 Å². The average Bonchev–Trinajstić information content (AvgIpc) is 2.39. The predicted molar refractivity (Wildman–Crippen MR) is 88.7 cm³/mol. The summed E-state index contributed by atoms with van der Waals surface area (Å²) < 4.78 is 36.7. The Balaban J connectivity index is 2.01. The minimum Gasteiger partial charge on any atom is -0.368 e. The number of nitrogens with zero attached hydrogens (tertiary/aromatic N) is 1. The largest absolute Gasteiger partial charge is 0.368 e. The van der Waals surface area contributed by atoms with Crippen molar-refractivity contribution in [3.05, 3.63) is 29.6 Å². The number of piperidine rings is 1. The highest BCUT2D eigenvalue weighted by Gasteiger charge is 2.24. The molecule has 0 aliphatic carbocycles. The molecule has 1 saturated heterocycles. The van der Waals surface area contributed by atoms with Gasteiger partial charge in [0.1, 0.15) is 15.7 Å². The van der Waals surface area contributed by atoms with E-state index in [0.717, 1.165) is 24.9 Å². The second kappa shape index (κ2) is 6.96. The highest BCUT2D eigenvalue weighted by Crippen LogP contribution is 2.24. The predicted octanol–water partition coefficient (Wildman–Crippen LogP) is 2.13. The van der Waals surface area contributed by atoms with E-state index in [1.807, 2.05) is 19.9 Å². The molecule has 4 nitrogen and oxygen atoms in total. The molecular weight excluding hydrogens is 303 g/mol. The van der Waals surface area contributed by atoms with E-state index < -0.39 is 9.84 Å². The Morgan fingerprint density at radius 1 is 1.45 bits per heavy atom. The third-order valence-corrected chi connectivity index (χ3v) is 5.04. The fourth-order valence-electron chi connectivity index (χ4n) is 3.10. The number of rotatable bonds is 5. The molecule has 6 heteroatoms. The van der Waals surface area contributed by atoms with Gasteiger partial charge in [-0.3, -0.25) is 0 Å². The van der Waals surface area contributed by atoms with E-state index in [1.54, 1.807) is 6.07 Å². The van der Waals surface area contributed by atoms with Gasteiger partial charge in [-0.15, -0.1) is 0 Å². The summed E-state index contributed by atoms with van der Waals surface area (Å²) in [6.07, 6.45) is 3.20. The molecule has 2 rings (SSSR count). The Morgan fingerprint density at radius 2 is 2.18 bits per heavy atom. The van der Waals surface area contributed by atoms with Crippen LogP contribution in [0.3, 0.4) is 0 Å². The summed E-state index contributed by atoms with van der Waals surface area (Å²) in [5.74, 6) is -0.0714. The van der Waals surface area contributed by atoms with Crippen LogP contribution in [0.4, 0.5) is 10.1 Å². The standard InChI is InChI=1S/C16H25FN2O2S/c1-12-6-7-15(17)16(9-12)19-8-4-5-14(10-19)18-13(2)11-22(3,20)21/h6-7,9,13-14,18H,4-5,8,10-11H2,1-3H3/t13-,14+/m0/s1. The summed E-state index contributed by atoms with van der Waals surface area (Å²) in [6, 6.07) is 5.24. The lowest BCUT2D eigenvalue weighted by atomic mass is 10.0. The number of aryl methyl sites for hydroxylation is 1. The van der Waals surface area contributed by atoms with E-state index >= 15 is 0 Å². The average molecular weight is 328 g/mol. The summed E-state index contributed by atoms with van der Waals surface area (Å²) in [5.41, 5.74) is 1.68. The Hall–Kier alpha value is -1.14. The van der Waals surface area contributed by atoms with Gasteiger partial charge in [0.2, 0.25) is 0 Å². The lowest BCUT2D eigenvalue weighted by Gasteiger charge is -2.36. The minimum atomic E-state index is -2.99. The number of hydrogen-bond donors (Lipinski definition) is 1. The molecule has 1 N–H and O–H groups in total. The highest BCUT2D eigenvalue weighted by molar-refractivity contribution is 7.90. The molecule has 1 aliphatic rings. The number of benzene rings is 1. The lowest BCUT2D eigenvalue weighted by molar-refractivity contribution is 0.392. The maximum Gasteiger partial charge on any atom is 0.148 e. The Bertz CT molecular complexity index is 619. The van der Waals surface area contributed by atoms with Gasteiger partial charge >= 0.3 is 0 Å². The van der Waals surface area contributed by atoms with Gasteiger partial charge in [0, 0.05) is 31.4 Å². The summed E-state index contributed by atoms with van der Waals surface area (Å²) in [4.78, 5) is 2.05. The van der Waals surface area contributed by atoms with Crippen LogP contribution in [0.1, 0.15) is 25.3 Å². The second-order valence-corrected chi connectivity index (χ2v) is 8.59. The summed E-state index contributed by atoms with van der Waals surface area (Å²) >= 11 is 0. The van der Waals surface area contributed by atoms with E-state index in [1.165, 1.54) is 12.3 Å². The van der Waals surface area contributed by atoms with Gasteiger partial charge in [-0.1, -0.05) is 6.07 Å². The summed E-state index contributed by atoms with van der Waals surface area (Å²) in [7, 11) is -2.99. The van der Waals surface area contributed by atoms with Crippen LogP contribution in [-0.4, -0.2) is 45.6 Å². The van der Waals surface area contributed by atoms with Crippen LogP contribution < -0.4 is 10.2 Å². The van der Waals surface area contributed by atoms with Crippen molar-refractivity contribution < 1.29 is 12.8 Å². The van der Waals surface area contributed by atoms with Gasteiger partial charge in [0.15, 0.2) is 0 Å². The first-order valence-corrected chi connectivity index (χ1v) is 9.75. The van der Waals surface area contributed by atoms with Crippen LogP contribution in [0.2, 0.25) is 0 Å². The molecule has 0 amide bonds. The molecule has 0 radical (unpaired) electrons. The van der Waals surface area contributed by atoms with Crippen LogP contribution in [0.25, 0.3) is 0 Å². The zero-order valence-corrected chi connectivity index (χ0v) is 14.3. The second-order valence-electron chi connectivity index (χ2n) is 6.40. The summed E-state index contributed by atoms with van der Waals surface area (Å²) in [6.45, 7) is 5.37. The van der Waals surface area contributed by atoms with Crippen molar-refractivity contribution in [2.24, 2.45) is 0 Å². The van der Waals surface area contributed by atoms with Gasteiger partial charge in [-0.05, 0) is 44.4 Å². The number of sulfone groups is 1. The van der Waals surface area contributed by atoms with Crippen molar-refractivity contribution in [3.8, 4) is 0 Å². The van der Waals surface area contributed by atoms with E-state index in [0.29, 0.717) is 12.2 Å². The number of anilines is 1. The first-order chi connectivity index (χ1) is 10.2. The van der Waals surface area contributed by atoms with Crippen LogP contribution in [-0.2, 0) is 9.84 Å². The van der Waals surface area contributed by atoms with E-state index in [2.05, 4.69) is 10.2 Å². The molecule has 0 unspecified atom stereocenters. The maximum absolute atomic E-state index is 14.0. The molecular formula is C16H25FN2O2S. The van der Waals surface area contributed by atoms with Crippen LogP contribution in [0.5, 0.6) is 0 Å². The molecule has 1 heterocycles. The molecule has 1 aliphatic heterocycles. The van der Waals surface area contributed by atoms with Gasteiger partial charge < -0.3 is 10.2 Å². The molecule has 0 bridgehead atoms. The van der Waals surface area contributed by atoms with Crippen molar-refractivity contribution in [2.45, 2.75) is 38.8 Å². The van der Waals surface area contributed by atoms with E-state index in [4.69, 9.17) is 0 Å². The minimum absolute atomic E-state index is 0.0951. The molecule has 1 aromatic rings. The number of halogens is 1. The Labute approximate surface area is 132 Å². The molecule has 1 aromatic carbocycles. The van der Waals surface area contributed by atoms with Gasteiger partial charge in [0.25, 0.3) is 0 Å². The molecule has 1 fully saturated rings. The maximum atomic E-state index is 14.0. The quantitative estimate of drug-likeness (QED) is 0.899. The lowest BCUT2D eigenvalue weighted by Crippen LogP contribution is -2.50. The van der Waals surface area contributed by atoms with Crippen molar-refractivity contribution in [3.63, 3.8) is 0 Å². The van der Waals surface area contributed by atoms with Crippen LogP contribution in [0.15, 0.2) is 18.2 Å². The van der Waals surface area contributed by atoms with Gasteiger partial charge in [-0.25, -0.2) is 12.8 Å². The van der Waals surface area contributed by atoms with Crippen molar-refractivity contribution in [1.29, 1.82) is 0 Å². The number of hydrogen-bond acceptors (Lipinski definition) is 4. The fraction of sp³-hybridized carbons (Fsp3) is 0.625. The van der Waals surface area contributed by atoms with Crippen molar-refractivity contribution in [1.82, 2.24) is 5.32 Å². The molecule has 0 spiro atoms. The zero-order valence-electron chi connectivity index (χ0n) is 13.5. The highest BCUT2D eigenvalue weighted by atomic mass is 32.2. The molecule has 0 aromatic heterocycles. The van der Waals surface area contributed by atoms with Crippen molar-refractivity contribution in [2.75, 3.05) is 30.0 Å². The van der Waals surface area contributed by atoms with Gasteiger partial charge in [-0.2, -0.15) is 0 Å². The third-order valence-electron chi connectivity index (χ3n) is 3.94. The topological polar surface area (TPSA) is 49.4 Å². The smallest absolute Gasteiger partial charge is 0.148 e. The van der Waals surface area contributed by atoms with Gasteiger partial charge in [0.05, 0.1) is 11.4 Å². The Kier molecular flexibility index (Phi) is 5.45. The third kappa shape index (κ3) is 4.95. The monoisotopic (exact) mass is 328 g/mol. The molecule has 0 saturated carbocycles. The molecule has 124 valence electrons. The normalized spacial score (nSPS) is 20.9. The molecule has 2 atom stereocenters. The summed E-state index contributed by atoms with van der Waals surface area (Å²) in [5, 5.41) is 3.37. The molecule has 22 heavy (non-hydrogen) atoms.